The Morgan fingerprint density at radius 1 is 1.67 bits per heavy atom. The zero-order chi connectivity index (χ0) is 5.82. The lowest BCUT2D eigenvalue weighted by atomic mass is 10.4. The molecule has 5 nitrogen and oxygen atoms in total. The van der Waals surface area contributed by atoms with Crippen LogP contribution in [0.5, 0.6) is 0 Å². The number of nitriles is 1. The maximum absolute atomic E-state index is 8.23. The van der Waals surface area contributed by atoms with E-state index in [4.69, 9.17) is 5.26 Å². The molecule has 5 heteroatoms. The second kappa shape index (κ2) is 3.83. The minimum Gasteiger partial charge on any atom is -0.412 e. The molecule has 50 valence electrons. The SMILES string of the molecule is N#CC1=NNCNC1.O. The number of nitrogens with zero attached hydrogens (tertiary/aromatic N) is 2. The molecule has 0 bridgehead atoms. The van der Waals surface area contributed by atoms with E-state index in [9.17, 15) is 0 Å². The molecule has 0 saturated carbocycles. The Balaban J connectivity index is 0.000000640. The first kappa shape index (κ1) is 7.88. The molecule has 1 rings (SSSR count). The van der Waals surface area contributed by atoms with Crippen LogP contribution < -0.4 is 10.7 Å². The number of hydrogen-bond donors (Lipinski definition) is 2. The first-order chi connectivity index (χ1) is 3.93. The highest BCUT2D eigenvalue weighted by Crippen LogP contribution is 1.75. The van der Waals surface area contributed by atoms with Gasteiger partial charge in [-0.25, -0.2) is 0 Å². The molecule has 0 aromatic rings. The normalized spacial score (nSPS) is 16.1. The van der Waals surface area contributed by atoms with E-state index in [-0.39, 0.29) is 5.48 Å². The summed E-state index contributed by atoms with van der Waals surface area (Å²) in [5.74, 6) is 0. The molecule has 0 amide bonds. The summed E-state index contributed by atoms with van der Waals surface area (Å²) in [7, 11) is 0. The Morgan fingerprint density at radius 2 is 2.44 bits per heavy atom. The molecule has 0 unspecified atom stereocenters. The van der Waals surface area contributed by atoms with Gasteiger partial charge in [-0.3, -0.25) is 10.7 Å². The van der Waals surface area contributed by atoms with Crippen LogP contribution in [0, 0.1) is 11.3 Å². The topological polar surface area (TPSA) is 91.7 Å². The van der Waals surface area contributed by atoms with Crippen molar-refractivity contribution in [2.24, 2.45) is 5.10 Å². The molecular weight excluding hydrogens is 120 g/mol. The van der Waals surface area contributed by atoms with Crippen LogP contribution in [0.15, 0.2) is 5.10 Å². The predicted molar refractivity (Wildman–Crippen MR) is 32.7 cm³/mol. The Hall–Kier alpha value is -1.12. The van der Waals surface area contributed by atoms with E-state index in [0.717, 1.165) is 0 Å². The van der Waals surface area contributed by atoms with Crippen LogP contribution >= 0.6 is 0 Å². The van der Waals surface area contributed by atoms with Gasteiger partial charge >= 0.3 is 0 Å². The average molecular weight is 128 g/mol. The van der Waals surface area contributed by atoms with E-state index < -0.39 is 0 Å². The van der Waals surface area contributed by atoms with Gasteiger partial charge in [-0.05, 0) is 0 Å². The molecule has 0 fully saturated rings. The molecule has 0 aromatic carbocycles. The van der Waals surface area contributed by atoms with Crippen molar-refractivity contribution in [3.63, 3.8) is 0 Å². The third kappa shape index (κ3) is 2.08. The van der Waals surface area contributed by atoms with Crippen molar-refractivity contribution in [3.8, 4) is 6.07 Å². The molecule has 1 aliphatic heterocycles. The van der Waals surface area contributed by atoms with Crippen LogP contribution in [-0.2, 0) is 0 Å². The first-order valence-corrected chi connectivity index (χ1v) is 2.34. The van der Waals surface area contributed by atoms with Gasteiger partial charge < -0.3 is 5.48 Å². The summed E-state index contributed by atoms with van der Waals surface area (Å²) in [6, 6.07) is 1.93. The van der Waals surface area contributed by atoms with Crippen molar-refractivity contribution in [2.75, 3.05) is 13.2 Å². The predicted octanol–water partition coefficient (Wildman–Crippen LogP) is -1.81. The zero-order valence-corrected chi connectivity index (χ0v) is 4.81. The van der Waals surface area contributed by atoms with Gasteiger partial charge in [0.1, 0.15) is 6.07 Å². The van der Waals surface area contributed by atoms with Gasteiger partial charge in [0.15, 0.2) is 5.71 Å². The number of rotatable bonds is 0. The van der Waals surface area contributed by atoms with Gasteiger partial charge in [-0.15, -0.1) is 0 Å². The molecular formula is C4H8N4O. The molecule has 9 heavy (non-hydrogen) atoms. The Bertz CT molecular complexity index is 147. The molecule has 1 aliphatic rings. The van der Waals surface area contributed by atoms with E-state index >= 15 is 0 Å². The summed E-state index contributed by atoms with van der Waals surface area (Å²) < 4.78 is 0. The van der Waals surface area contributed by atoms with E-state index in [1.165, 1.54) is 0 Å². The fourth-order valence-electron chi connectivity index (χ4n) is 0.476. The lowest BCUT2D eigenvalue weighted by Gasteiger charge is -2.07. The minimum atomic E-state index is 0. The quantitative estimate of drug-likeness (QED) is 0.403. The summed E-state index contributed by atoms with van der Waals surface area (Å²) >= 11 is 0. The van der Waals surface area contributed by atoms with Crippen LogP contribution in [0.1, 0.15) is 0 Å². The standard InChI is InChI=1S/C4H6N4.H2O/c5-1-4-2-6-3-7-8-4;/h6-7H,2-3H2;1H2. The zero-order valence-electron chi connectivity index (χ0n) is 4.81. The summed E-state index contributed by atoms with van der Waals surface area (Å²) in [4.78, 5) is 0. The maximum atomic E-state index is 8.23. The first-order valence-electron chi connectivity index (χ1n) is 2.34. The van der Waals surface area contributed by atoms with Crippen LogP contribution in [0.25, 0.3) is 0 Å². The van der Waals surface area contributed by atoms with Crippen molar-refractivity contribution in [1.29, 1.82) is 5.26 Å². The molecule has 0 saturated heterocycles. The van der Waals surface area contributed by atoms with Crippen molar-refractivity contribution >= 4 is 5.71 Å². The number of nitrogens with one attached hydrogen (secondary N) is 2. The fourth-order valence-corrected chi connectivity index (χ4v) is 0.476. The Labute approximate surface area is 52.7 Å². The smallest absolute Gasteiger partial charge is 0.151 e. The van der Waals surface area contributed by atoms with E-state index in [1.807, 2.05) is 6.07 Å². The monoisotopic (exact) mass is 128 g/mol. The lowest BCUT2D eigenvalue weighted by Crippen LogP contribution is -2.36. The van der Waals surface area contributed by atoms with Crippen molar-refractivity contribution < 1.29 is 5.48 Å². The van der Waals surface area contributed by atoms with Crippen molar-refractivity contribution in [2.45, 2.75) is 0 Å². The highest BCUT2D eigenvalue weighted by molar-refractivity contribution is 6.00. The molecule has 0 atom stereocenters. The minimum absolute atomic E-state index is 0. The van der Waals surface area contributed by atoms with E-state index in [0.29, 0.717) is 18.9 Å². The van der Waals surface area contributed by atoms with Gasteiger partial charge in [-0.2, -0.15) is 10.4 Å². The Morgan fingerprint density at radius 3 is 2.78 bits per heavy atom. The molecule has 0 radical (unpaired) electrons. The fraction of sp³-hybridized carbons (Fsp3) is 0.500. The van der Waals surface area contributed by atoms with Gasteiger partial charge in [0, 0.05) is 0 Å². The van der Waals surface area contributed by atoms with Crippen LogP contribution in [-0.4, -0.2) is 24.4 Å². The number of hydrazone groups is 1. The molecule has 1 heterocycles. The summed E-state index contributed by atoms with van der Waals surface area (Å²) in [6.45, 7) is 1.24. The second-order valence-electron chi connectivity index (χ2n) is 1.43. The largest absolute Gasteiger partial charge is 0.412 e. The summed E-state index contributed by atoms with van der Waals surface area (Å²) in [5, 5.41) is 14.8. The van der Waals surface area contributed by atoms with E-state index in [1.54, 1.807) is 0 Å². The summed E-state index contributed by atoms with van der Waals surface area (Å²) in [5.41, 5.74) is 3.15. The van der Waals surface area contributed by atoms with Gasteiger partial charge in [0.05, 0.1) is 13.2 Å². The number of hydrogen-bond acceptors (Lipinski definition) is 4. The third-order valence-electron chi connectivity index (χ3n) is 0.840. The molecule has 0 spiro atoms. The van der Waals surface area contributed by atoms with Gasteiger partial charge in [0.2, 0.25) is 0 Å². The van der Waals surface area contributed by atoms with Crippen molar-refractivity contribution in [3.05, 3.63) is 0 Å². The molecule has 0 aromatic heterocycles. The Kier molecular flexibility index (Phi) is 3.35. The van der Waals surface area contributed by atoms with Crippen LogP contribution in [0.2, 0.25) is 0 Å². The van der Waals surface area contributed by atoms with Gasteiger partial charge in [0.25, 0.3) is 0 Å². The second-order valence-corrected chi connectivity index (χ2v) is 1.43. The highest BCUT2D eigenvalue weighted by atomic mass is 16.0. The van der Waals surface area contributed by atoms with Crippen LogP contribution in [0.3, 0.4) is 0 Å². The average Bonchev–Trinajstić information content (AvgIpc) is 1.90. The van der Waals surface area contributed by atoms with E-state index in [2.05, 4.69) is 15.8 Å². The van der Waals surface area contributed by atoms with Crippen LogP contribution in [0.4, 0.5) is 0 Å². The summed E-state index contributed by atoms with van der Waals surface area (Å²) in [6.07, 6.45) is 0. The maximum Gasteiger partial charge on any atom is 0.151 e. The molecule has 0 aliphatic carbocycles. The highest BCUT2D eigenvalue weighted by Gasteiger charge is 1.99. The van der Waals surface area contributed by atoms with Gasteiger partial charge in [-0.1, -0.05) is 0 Å². The van der Waals surface area contributed by atoms with Crippen molar-refractivity contribution in [1.82, 2.24) is 10.7 Å². The lowest BCUT2D eigenvalue weighted by molar-refractivity contribution is 0.616. The molecule has 4 N–H and O–H groups in total. The third-order valence-corrected chi connectivity index (χ3v) is 0.840.